The molecule has 4 nitrogen and oxygen atoms in total. The molecule has 1 aliphatic rings. The number of carbonyl (C=O) groups is 1. The van der Waals surface area contributed by atoms with Gasteiger partial charge in [-0.3, -0.25) is 9.69 Å². The highest BCUT2D eigenvalue weighted by molar-refractivity contribution is 7.99. The molecule has 1 saturated heterocycles. The van der Waals surface area contributed by atoms with E-state index < -0.39 is 0 Å². The third-order valence-corrected chi connectivity index (χ3v) is 5.49. The average molecular weight is 356 g/mol. The van der Waals surface area contributed by atoms with Gasteiger partial charge in [0.15, 0.2) is 0 Å². The third kappa shape index (κ3) is 4.55. The fourth-order valence-corrected chi connectivity index (χ4v) is 3.91. The van der Waals surface area contributed by atoms with Crippen LogP contribution in [0.15, 0.2) is 42.5 Å². The van der Waals surface area contributed by atoms with Crippen molar-refractivity contribution in [2.45, 2.75) is 13.5 Å². The lowest BCUT2D eigenvalue weighted by Crippen LogP contribution is -2.32. The zero-order chi connectivity index (χ0) is 17.6. The Kier molecular flexibility index (Phi) is 6.00. The first-order chi connectivity index (χ1) is 12.2. The van der Waals surface area contributed by atoms with Crippen LogP contribution in [0.1, 0.15) is 21.5 Å². The van der Waals surface area contributed by atoms with Gasteiger partial charge >= 0.3 is 0 Å². The summed E-state index contributed by atoms with van der Waals surface area (Å²) in [4.78, 5) is 15.0. The quantitative estimate of drug-likeness (QED) is 0.885. The molecule has 3 rings (SSSR count). The number of hydrogen-bond acceptors (Lipinski definition) is 4. The Morgan fingerprint density at radius 2 is 1.88 bits per heavy atom. The van der Waals surface area contributed by atoms with Gasteiger partial charge < -0.3 is 10.1 Å². The molecule has 1 heterocycles. The van der Waals surface area contributed by atoms with Crippen molar-refractivity contribution in [3.05, 3.63) is 59.2 Å². The van der Waals surface area contributed by atoms with Gasteiger partial charge in [0.2, 0.25) is 0 Å². The first-order valence-electron chi connectivity index (χ1n) is 8.51. The van der Waals surface area contributed by atoms with Crippen molar-refractivity contribution in [2.75, 3.05) is 37.0 Å². The van der Waals surface area contributed by atoms with Crippen molar-refractivity contribution in [1.29, 1.82) is 0 Å². The lowest BCUT2D eigenvalue weighted by Gasteiger charge is -2.27. The maximum absolute atomic E-state index is 12.5. The van der Waals surface area contributed by atoms with Crippen LogP contribution < -0.4 is 10.1 Å². The van der Waals surface area contributed by atoms with E-state index in [1.807, 2.05) is 23.9 Å². The second kappa shape index (κ2) is 8.41. The minimum atomic E-state index is -0.0997. The molecule has 25 heavy (non-hydrogen) atoms. The number of amides is 1. The van der Waals surface area contributed by atoms with Crippen LogP contribution in [0.5, 0.6) is 5.75 Å². The van der Waals surface area contributed by atoms with Crippen LogP contribution in [0.2, 0.25) is 0 Å². The van der Waals surface area contributed by atoms with E-state index in [9.17, 15) is 4.79 Å². The van der Waals surface area contributed by atoms with Crippen molar-refractivity contribution < 1.29 is 9.53 Å². The normalized spacial score (nSPS) is 15.0. The van der Waals surface area contributed by atoms with E-state index in [2.05, 4.69) is 23.2 Å². The molecular formula is C20H24N2O2S. The maximum atomic E-state index is 12.5. The van der Waals surface area contributed by atoms with Crippen LogP contribution >= 0.6 is 11.8 Å². The lowest BCUT2D eigenvalue weighted by molar-refractivity contribution is 0.102. The molecule has 2 aromatic rings. The number of carbonyl (C=O) groups excluding carboxylic acids is 1. The lowest BCUT2D eigenvalue weighted by atomic mass is 10.1. The van der Waals surface area contributed by atoms with Gasteiger partial charge in [-0.25, -0.2) is 0 Å². The number of methoxy groups -OCH3 is 1. The van der Waals surface area contributed by atoms with E-state index in [1.54, 1.807) is 31.4 Å². The van der Waals surface area contributed by atoms with Gasteiger partial charge in [-0.05, 0) is 48.4 Å². The zero-order valence-corrected chi connectivity index (χ0v) is 15.6. The minimum Gasteiger partial charge on any atom is -0.497 e. The number of nitrogens with one attached hydrogen (secondary N) is 1. The van der Waals surface area contributed by atoms with E-state index >= 15 is 0 Å². The number of rotatable bonds is 5. The molecule has 1 fully saturated rings. The Balaban J connectivity index is 1.71. The fourth-order valence-electron chi connectivity index (χ4n) is 2.93. The van der Waals surface area contributed by atoms with Gasteiger partial charge in [-0.1, -0.05) is 12.1 Å². The van der Waals surface area contributed by atoms with Crippen molar-refractivity contribution in [1.82, 2.24) is 4.90 Å². The van der Waals surface area contributed by atoms with Crippen LogP contribution in [0, 0.1) is 6.92 Å². The van der Waals surface area contributed by atoms with Gasteiger partial charge in [0.05, 0.1) is 7.11 Å². The smallest absolute Gasteiger partial charge is 0.255 e. The molecule has 0 unspecified atom stereocenters. The number of anilines is 1. The van der Waals surface area contributed by atoms with E-state index in [0.29, 0.717) is 5.56 Å². The summed E-state index contributed by atoms with van der Waals surface area (Å²) >= 11 is 2.02. The Hall–Kier alpha value is -1.98. The third-order valence-electron chi connectivity index (χ3n) is 4.54. The predicted octanol–water partition coefficient (Wildman–Crippen LogP) is 3.80. The molecule has 0 radical (unpaired) electrons. The van der Waals surface area contributed by atoms with Gasteiger partial charge in [0.25, 0.3) is 5.91 Å². The van der Waals surface area contributed by atoms with Gasteiger partial charge in [-0.2, -0.15) is 11.8 Å². The highest BCUT2D eigenvalue weighted by Crippen LogP contribution is 2.23. The second-order valence-electron chi connectivity index (χ2n) is 6.16. The molecule has 0 spiro atoms. The van der Waals surface area contributed by atoms with Crippen molar-refractivity contribution >= 4 is 23.4 Å². The monoisotopic (exact) mass is 356 g/mol. The predicted molar refractivity (Wildman–Crippen MR) is 105 cm³/mol. The molecule has 0 aliphatic carbocycles. The van der Waals surface area contributed by atoms with Crippen molar-refractivity contribution in [2.24, 2.45) is 0 Å². The maximum Gasteiger partial charge on any atom is 0.255 e. The molecule has 1 aliphatic heterocycles. The van der Waals surface area contributed by atoms with Gasteiger partial charge in [-0.15, -0.1) is 0 Å². The standard InChI is InChI=1S/C20H24N2O2S/c1-15-17(14-22-10-12-25-13-11-22)4-3-5-19(15)21-20(23)16-6-8-18(24-2)9-7-16/h3-9H,10-14H2,1-2H3,(H,21,23). The van der Waals surface area contributed by atoms with E-state index in [0.717, 1.165) is 36.6 Å². The van der Waals surface area contributed by atoms with Gasteiger partial charge in [0.1, 0.15) is 5.75 Å². The molecule has 0 bridgehead atoms. The van der Waals surface area contributed by atoms with E-state index in [-0.39, 0.29) is 5.91 Å². The SMILES string of the molecule is COc1ccc(C(=O)Nc2cccc(CN3CCSCC3)c2C)cc1. The fraction of sp³-hybridized carbons (Fsp3) is 0.350. The number of ether oxygens (including phenoxy) is 1. The summed E-state index contributed by atoms with van der Waals surface area (Å²) < 4.78 is 5.14. The van der Waals surface area contributed by atoms with Crippen molar-refractivity contribution in [3.63, 3.8) is 0 Å². The molecule has 0 saturated carbocycles. The average Bonchev–Trinajstić information content (AvgIpc) is 2.66. The first kappa shape index (κ1) is 17.8. The largest absolute Gasteiger partial charge is 0.497 e. The highest BCUT2D eigenvalue weighted by Gasteiger charge is 2.14. The number of nitrogens with zero attached hydrogens (tertiary/aromatic N) is 1. The highest BCUT2D eigenvalue weighted by atomic mass is 32.2. The van der Waals surface area contributed by atoms with Gasteiger partial charge in [0, 0.05) is 42.4 Å². The summed E-state index contributed by atoms with van der Waals surface area (Å²) in [5, 5.41) is 3.04. The van der Waals surface area contributed by atoms with Crippen molar-refractivity contribution in [3.8, 4) is 5.75 Å². The van der Waals surface area contributed by atoms with Crippen LogP contribution in [0.25, 0.3) is 0 Å². The molecule has 1 N–H and O–H groups in total. The summed E-state index contributed by atoms with van der Waals surface area (Å²) in [6.45, 7) is 5.29. The summed E-state index contributed by atoms with van der Waals surface area (Å²) in [6, 6.07) is 13.3. The Morgan fingerprint density at radius 3 is 2.56 bits per heavy atom. The summed E-state index contributed by atoms with van der Waals surface area (Å²) in [6.07, 6.45) is 0. The Morgan fingerprint density at radius 1 is 1.16 bits per heavy atom. The number of thioether (sulfide) groups is 1. The van der Waals surface area contributed by atoms with Crippen LogP contribution in [0.3, 0.4) is 0 Å². The van der Waals surface area contributed by atoms with Crippen LogP contribution in [0.4, 0.5) is 5.69 Å². The van der Waals surface area contributed by atoms with Crippen LogP contribution in [-0.2, 0) is 6.54 Å². The number of benzene rings is 2. The molecule has 2 aromatic carbocycles. The van der Waals surface area contributed by atoms with Crippen LogP contribution in [-0.4, -0.2) is 42.5 Å². The molecule has 5 heteroatoms. The Bertz CT molecular complexity index is 725. The molecule has 1 amide bonds. The summed E-state index contributed by atoms with van der Waals surface area (Å²) in [5.74, 6) is 3.05. The molecule has 0 atom stereocenters. The molecule has 132 valence electrons. The first-order valence-corrected chi connectivity index (χ1v) is 9.67. The summed E-state index contributed by atoms with van der Waals surface area (Å²) in [5.41, 5.74) is 3.92. The molecule has 0 aromatic heterocycles. The van der Waals surface area contributed by atoms with E-state index in [4.69, 9.17) is 4.74 Å². The molecular weight excluding hydrogens is 332 g/mol. The Labute approximate surface area is 153 Å². The topological polar surface area (TPSA) is 41.6 Å². The zero-order valence-electron chi connectivity index (χ0n) is 14.7. The number of hydrogen-bond donors (Lipinski definition) is 1. The minimum absolute atomic E-state index is 0.0997. The second-order valence-corrected chi connectivity index (χ2v) is 7.39. The summed E-state index contributed by atoms with van der Waals surface area (Å²) in [7, 11) is 1.62. The van der Waals surface area contributed by atoms with E-state index in [1.165, 1.54) is 17.1 Å².